The molecular weight excluding hydrogens is 268 g/mol. The number of hydrogen-bond acceptors (Lipinski definition) is 4. The maximum absolute atomic E-state index is 10.9. The molecule has 2 aromatic rings. The second-order valence-electron chi connectivity index (χ2n) is 4.21. The minimum atomic E-state index is -0.454. The third-order valence-corrected chi connectivity index (χ3v) is 2.98. The second-order valence-corrected chi connectivity index (χ2v) is 4.65. The first-order valence-corrected chi connectivity index (χ1v) is 6.05. The van der Waals surface area contributed by atoms with Gasteiger partial charge in [0.1, 0.15) is 6.20 Å². The van der Waals surface area contributed by atoms with Crippen LogP contribution in [-0.2, 0) is 7.05 Å². The van der Waals surface area contributed by atoms with Crippen molar-refractivity contribution in [1.82, 2.24) is 9.78 Å². The molecule has 0 aliphatic rings. The molecule has 0 spiro atoms. The molecule has 1 unspecified atom stereocenters. The molecule has 100 valence electrons. The number of hydrogen-bond donors (Lipinski definition) is 1. The maximum atomic E-state index is 10.9. The first-order chi connectivity index (χ1) is 8.97. The van der Waals surface area contributed by atoms with Crippen LogP contribution in [0.1, 0.15) is 18.5 Å². The molecule has 0 amide bonds. The van der Waals surface area contributed by atoms with Crippen LogP contribution in [-0.4, -0.2) is 14.7 Å². The lowest BCUT2D eigenvalue weighted by Crippen LogP contribution is -2.08. The average Bonchev–Trinajstić information content (AvgIpc) is 2.71. The van der Waals surface area contributed by atoms with Gasteiger partial charge < -0.3 is 5.32 Å². The predicted molar refractivity (Wildman–Crippen MR) is 73.4 cm³/mol. The van der Waals surface area contributed by atoms with Crippen LogP contribution in [0.15, 0.2) is 30.5 Å². The SMILES string of the molecule is CC(Nc1nn(C)cc1[N+](=O)[O-])c1ccc(Cl)cc1. The molecule has 19 heavy (non-hydrogen) atoms. The normalized spacial score (nSPS) is 12.2. The van der Waals surface area contributed by atoms with Gasteiger partial charge in [0.2, 0.25) is 5.82 Å². The van der Waals surface area contributed by atoms with Gasteiger partial charge in [-0.15, -0.1) is 5.10 Å². The van der Waals surface area contributed by atoms with Crippen molar-refractivity contribution in [1.29, 1.82) is 0 Å². The summed E-state index contributed by atoms with van der Waals surface area (Å²) in [5.74, 6) is 0.259. The van der Waals surface area contributed by atoms with Gasteiger partial charge in [-0.25, -0.2) is 0 Å². The second kappa shape index (κ2) is 5.27. The molecule has 0 fully saturated rings. The Morgan fingerprint density at radius 2 is 2.05 bits per heavy atom. The Morgan fingerprint density at radius 1 is 1.42 bits per heavy atom. The van der Waals surface area contributed by atoms with Crippen LogP contribution in [0.3, 0.4) is 0 Å². The van der Waals surface area contributed by atoms with E-state index in [0.717, 1.165) is 5.56 Å². The number of anilines is 1. The number of halogens is 1. The fourth-order valence-electron chi connectivity index (χ4n) is 1.75. The first-order valence-electron chi connectivity index (χ1n) is 5.67. The Bertz CT molecular complexity index is 594. The number of nitrogens with one attached hydrogen (secondary N) is 1. The topological polar surface area (TPSA) is 73.0 Å². The molecule has 2 rings (SSSR count). The van der Waals surface area contributed by atoms with Crippen molar-refractivity contribution in [2.45, 2.75) is 13.0 Å². The maximum Gasteiger partial charge on any atom is 0.330 e. The minimum absolute atomic E-state index is 0.0386. The van der Waals surface area contributed by atoms with Crippen molar-refractivity contribution in [3.8, 4) is 0 Å². The Hall–Kier alpha value is -2.08. The summed E-state index contributed by atoms with van der Waals surface area (Å²) in [5.41, 5.74) is 0.938. The number of aromatic nitrogens is 2. The summed E-state index contributed by atoms with van der Waals surface area (Å²) in [5, 5.41) is 18.6. The molecule has 7 heteroatoms. The van der Waals surface area contributed by atoms with Crippen LogP contribution in [0.25, 0.3) is 0 Å². The molecular formula is C12H13ClN4O2. The van der Waals surface area contributed by atoms with Crippen LogP contribution >= 0.6 is 11.6 Å². The summed E-state index contributed by atoms with van der Waals surface area (Å²) in [6.07, 6.45) is 1.37. The Kier molecular flexibility index (Phi) is 3.71. The largest absolute Gasteiger partial charge is 0.356 e. The quantitative estimate of drug-likeness (QED) is 0.690. The fraction of sp³-hybridized carbons (Fsp3) is 0.250. The van der Waals surface area contributed by atoms with E-state index in [1.807, 2.05) is 19.1 Å². The number of nitrogens with zero attached hydrogens (tertiary/aromatic N) is 3. The fourth-order valence-corrected chi connectivity index (χ4v) is 1.88. The Labute approximate surface area is 115 Å². The van der Waals surface area contributed by atoms with Crippen LogP contribution in [0, 0.1) is 10.1 Å². The van der Waals surface area contributed by atoms with Gasteiger partial charge in [0.05, 0.1) is 11.0 Å². The monoisotopic (exact) mass is 280 g/mol. The van der Waals surface area contributed by atoms with Crippen LogP contribution in [0.2, 0.25) is 5.02 Å². The van der Waals surface area contributed by atoms with Gasteiger partial charge >= 0.3 is 5.69 Å². The molecule has 6 nitrogen and oxygen atoms in total. The van der Waals surface area contributed by atoms with Gasteiger partial charge in [-0.05, 0) is 24.6 Å². The molecule has 1 heterocycles. The van der Waals surface area contributed by atoms with E-state index in [9.17, 15) is 10.1 Å². The van der Waals surface area contributed by atoms with Gasteiger partial charge in [0.15, 0.2) is 0 Å². The smallest absolute Gasteiger partial charge is 0.330 e. The molecule has 0 radical (unpaired) electrons. The average molecular weight is 281 g/mol. The summed E-state index contributed by atoms with van der Waals surface area (Å²) >= 11 is 5.82. The molecule has 0 aliphatic carbocycles. The van der Waals surface area contributed by atoms with Gasteiger partial charge in [0.25, 0.3) is 0 Å². The third kappa shape index (κ3) is 3.03. The zero-order chi connectivity index (χ0) is 14.0. The Morgan fingerprint density at radius 3 is 2.63 bits per heavy atom. The van der Waals surface area contributed by atoms with Crippen molar-refractivity contribution in [2.24, 2.45) is 7.05 Å². The van der Waals surface area contributed by atoms with Gasteiger partial charge in [-0.3, -0.25) is 14.8 Å². The zero-order valence-corrected chi connectivity index (χ0v) is 11.3. The molecule has 0 saturated carbocycles. The highest BCUT2D eigenvalue weighted by molar-refractivity contribution is 6.30. The van der Waals surface area contributed by atoms with E-state index in [1.165, 1.54) is 10.9 Å². The van der Waals surface area contributed by atoms with E-state index in [0.29, 0.717) is 5.02 Å². The summed E-state index contributed by atoms with van der Waals surface area (Å²) in [4.78, 5) is 10.4. The number of rotatable bonds is 4. The minimum Gasteiger partial charge on any atom is -0.356 e. The molecule has 0 aliphatic heterocycles. The van der Waals surface area contributed by atoms with E-state index < -0.39 is 4.92 Å². The van der Waals surface area contributed by atoms with E-state index in [2.05, 4.69) is 10.4 Å². The van der Waals surface area contributed by atoms with Gasteiger partial charge in [-0.2, -0.15) is 0 Å². The molecule has 0 bridgehead atoms. The van der Waals surface area contributed by atoms with Crippen LogP contribution in [0.4, 0.5) is 11.5 Å². The van der Waals surface area contributed by atoms with E-state index >= 15 is 0 Å². The van der Waals surface area contributed by atoms with E-state index in [1.54, 1.807) is 19.2 Å². The summed E-state index contributed by atoms with van der Waals surface area (Å²) in [6.45, 7) is 1.90. The van der Waals surface area contributed by atoms with Crippen molar-refractivity contribution in [3.63, 3.8) is 0 Å². The highest BCUT2D eigenvalue weighted by Gasteiger charge is 2.20. The van der Waals surface area contributed by atoms with Crippen LogP contribution in [0.5, 0.6) is 0 Å². The molecule has 1 aromatic heterocycles. The molecule has 1 atom stereocenters. The molecule has 1 N–H and O–H groups in total. The molecule has 1 aromatic carbocycles. The lowest BCUT2D eigenvalue weighted by Gasteiger charge is -2.13. The summed E-state index contributed by atoms with van der Waals surface area (Å²) < 4.78 is 1.41. The van der Waals surface area contributed by atoms with Gasteiger partial charge in [0, 0.05) is 12.1 Å². The lowest BCUT2D eigenvalue weighted by atomic mass is 10.1. The standard InChI is InChI=1S/C12H13ClN4O2/c1-8(9-3-5-10(13)6-4-9)14-12-11(17(18)19)7-16(2)15-12/h3-8H,1-2H3,(H,14,15). The number of nitro groups is 1. The molecule has 0 saturated heterocycles. The number of aryl methyl sites for hydroxylation is 1. The van der Waals surface area contributed by atoms with Crippen molar-refractivity contribution >= 4 is 23.1 Å². The highest BCUT2D eigenvalue weighted by Crippen LogP contribution is 2.26. The summed E-state index contributed by atoms with van der Waals surface area (Å²) in [7, 11) is 1.64. The lowest BCUT2D eigenvalue weighted by molar-refractivity contribution is -0.384. The van der Waals surface area contributed by atoms with Gasteiger partial charge in [-0.1, -0.05) is 23.7 Å². The van der Waals surface area contributed by atoms with Crippen LogP contribution < -0.4 is 5.32 Å². The third-order valence-electron chi connectivity index (χ3n) is 2.73. The van der Waals surface area contributed by atoms with E-state index in [4.69, 9.17) is 11.6 Å². The van der Waals surface area contributed by atoms with E-state index in [-0.39, 0.29) is 17.5 Å². The predicted octanol–water partition coefficient (Wildman–Crippen LogP) is 3.15. The first kappa shape index (κ1) is 13.4. The highest BCUT2D eigenvalue weighted by atomic mass is 35.5. The zero-order valence-electron chi connectivity index (χ0n) is 10.5. The number of benzene rings is 1. The van der Waals surface area contributed by atoms with Crippen molar-refractivity contribution in [3.05, 3.63) is 51.2 Å². The van der Waals surface area contributed by atoms with Crippen molar-refractivity contribution in [2.75, 3.05) is 5.32 Å². The Balaban J connectivity index is 2.21. The summed E-state index contributed by atoms with van der Waals surface area (Å²) in [6, 6.07) is 7.19. The van der Waals surface area contributed by atoms with Crippen molar-refractivity contribution < 1.29 is 4.92 Å².